The molecule has 0 amide bonds. The van der Waals surface area contributed by atoms with E-state index in [-0.39, 0.29) is 0 Å². The summed E-state index contributed by atoms with van der Waals surface area (Å²) in [6.45, 7) is 5.51. The molecular formula is C22H33N7O. The Kier molecular flexibility index (Phi) is 6.52. The number of piperidine rings is 1. The number of aryl methyl sites for hydroxylation is 1. The van der Waals surface area contributed by atoms with Crippen LogP contribution < -0.4 is 15.4 Å². The number of nitrogens with zero attached hydrogens (tertiary/aromatic N) is 5. The molecule has 2 N–H and O–H groups in total. The van der Waals surface area contributed by atoms with Crippen molar-refractivity contribution in [1.29, 1.82) is 0 Å². The van der Waals surface area contributed by atoms with E-state index in [1.807, 2.05) is 30.7 Å². The van der Waals surface area contributed by atoms with Gasteiger partial charge in [0.1, 0.15) is 11.6 Å². The van der Waals surface area contributed by atoms with Crippen molar-refractivity contribution in [3.05, 3.63) is 41.5 Å². The second kappa shape index (κ2) is 9.47. The monoisotopic (exact) mass is 411 g/mol. The van der Waals surface area contributed by atoms with Crippen molar-refractivity contribution in [3.63, 3.8) is 0 Å². The van der Waals surface area contributed by atoms with Gasteiger partial charge in [0.25, 0.3) is 0 Å². The molecule has 2 aliphatic rings. The molecule has 1 saturated heterocycles. The standard InChI is InChI=1S/C22H33N7O/c1-16-26-27-21(28(16)2)15-24-22(23-14-17-4-8-20(30-3)9-5-17)25-18-10-12-29(13-11-18)19-6-7-19/h4-5,8-9,18-19H,6-7,10-15H2,1-3H3,(H2,23,24,25). The minimum absolute atomic E-state index is 0.448. The number of rotatable bonds is 7. The quantitative estimate of drug-likeness (QED) is 0.536. The van der Waals surface area contributed by atoms with Gasteiger partial charge in [0, 0.05) is 32.2 Å². The number of hydrogen-bond acceptors (Lipinski definition) is 5. The maximum Gasteiger partial charge on any atom is 0.192 e. The average Bonchev–Trinajstić information content (AvgIpc) is 3.58. The summed E-state index contributed by atoms with van der Waals surface area (Å²) < 4.78 is 7.25. The fourth-order valence-electron chi connectivity index (χ4n) is 3.86. The number of aliphatic imine (C=N–C) groups is 1. The molecule has 2 fully saturated rings. The number of nitrogens with one attached hydrogen (secondary N) is 2. The van der Waals surface area contributed by atoms with Crippen LogP contribution in [0, 0.1) is 6.92 Å². The van der Waals surface area contributed by atoms with Gasteiger partial charge in [-0.25, -0.2) is 4.99 Å². The molecule has 8 heteroatoms. The lowest BCUT2D eigenvalue weighted by atomic mass is 10.1. The highest BCUT2D eigenvalue weighted by atomic mass is 16.5. The molecule has 0 unspecified atom stereocenters. The van der Waals surface area contributed by atoms with Crippen LogP contribution in [0.5, 0.6) is 5.75 Å². The van der Waals surface area contributed by atoms with Crippen LogP contribution in [0.2, 0.25) is 0 Å². The molecule has 0 bridgehead atoms. The van der Waals surface area contributed by atoms with Crippen LogP contribution >= 0.6 is 0 Å². The van der Waals surface area contributed by atoms with Crippen LogP contribution in [-0.4, -0.2) is 57.9 Å². The van der Waals surface area contributed by atoms with Gasteiger partial charge in [0.15, 0.2) is 11.8 Å². The highest BCUT2D eigenvalue weighted by Crippen LogP contribution is 2.29. The molecule has 30 heavy (non-hydrogen) atoms. The lowest BCUT2D eigenvalue weighted by molar-refractivity contribution is 0.197. The van der Waals surface area contributed by atoms with Crippen LogP contribution in [0.4, 0.5) is 0 Å². The van der Waals surface area contributed by atoms with Crippen LogP contribution in [0.3, 0.4) is 0 Å². The van der Waals surface area contributed by atoms with Crippen LogP contribution in [0.25, 0.3) is 0 Å². The summed E-state index contributed by atoms with van der Waals surface area (Å²) in [7, 11) is 3.67. The van der Waals surface area contributed by atoms with Crippen molar-refractivity contribution in [2.24, 2.45) is 12.0 Å². The van der Waals surface area contributed by atoms with Gasteiger partial charge in [-0.2, -0.15) is 0 Å². The molecule has 8 nitrogen and oxygen atoms in total. The Morgan fingerprint density at radius 1 is 1.13 bits per heavy atom. The number of ether oxygens (including phenoxy) is 1. The average molecular weight is 412 g/mol. The third-order valence-electron chi connectivity index (χ3n) is 6.11. The topological polar surface area (TPSA) is 79.6 Å². The smallest absolute Gasteiger partial charge is 0.192 e. The van der Waals surface area contributed by atoms with Gasteiger partial charge in [-0.3, -0.25) is 0 Å². The fourth-order valence-corrected chi connectivity index (χ4v) is 3.86. The van der Waals surface area contributed by atoms with Gasteiger partial charge in [-0.1, -0.05) is 12.1 Å². The Bertz CT molecular complexity index is 849. The van der Waals surface area contributed by atoms with Crippen molar-refractivity contribution in [2.45, 2.75) is 57.8 Å². The molecule has 1 aliphatic heterocycles. The summed E-state index contributed by atoms with van der Waals surface area (Å²) in [4.78, 5) is 7.49. The maximum absolute atomic E-state index is 5.25. The van der Waals surface area contributed by atoms with Gasteiger partial charge in [-0.15, -0.1) is 10.2 Å². The summed E-state index contributed by atoms with van der Waals surface area (Å²) in [5, 5.41) is 15.5. The third kappa shape index (κ3) is 5.30. The second-order valence-electron chi connectivity index (χ2n) is 8.27. The van der Waals surface area contributed by atoms with Gasteiger partial charge in [-0.05, 0) is 50.3 Å². The molecule has 2 aromatic rings. The van der Waals surface area contributed by atoms with Crippen molar-refractivity contribution >= 4 is 5.96 Å². The van der Waals surface area contributed by atoms with E-state index in [1.165, 1.54) is 25.9 Å². The van der Waals surface area contributed by atoms with Gasteiger partial charge in [0.2, 0.25) is 0 Å². The van der Waals surface area contributed by atoms with Gasteiger partial charge in [0.05, 0.1) is 20.2 Å². The number of aromatic nitrogens is 3. The molecule has 1 aromatic carbocycles. The summed E-state index contributed by atoms with van der Waals surface area (Å²) in [6, 6.07) is 9.36. The van der Waals surface area contributed by atoms with Gasteiger partial charge < -0.3 is 24.8 Å². The lowest BCUT2D eigenvalue weighted by Crippen LogP contribution is -2.49. The number of likely N-dealkylation sites (tertiary alicyclic amines) is 1. The van der Waals surface area contributed by atoms with Crippen LogP contribution in [0.15, 0.2) is 29.3 Å². The number of hydrogen-bond donors (Lipinski definition) is 2. The number of methoxy groups -OCH3 is 1. The normalized spacial score (nSPS) is 18.4. The first-order valence-corrected chi connectivity index (χ1v) is 10.9. The summed E-state index contributed by atoms with van der Waals surface area (Å²) in [5.74, 6) is 3.49. The molecule has 1 saturated carbocycles. The number of benzene rings is 1. The zero-order valence-corrected chi connectivity index (χ0v) is 18.3. The van der Waals surface area contributed by atoms with E-state index in [1.54, 1.807) is 7.11 Å². The Labute approximate surface area is 178 Å². The molecule has 162 valence electrons. The largest absolute Gasteiger partial charge is 0.497 e. The summed E-state index contributed by atoms with van der Waals surface area (Å²) >= 11 is 0. The molecule has 2 heterocycles. The van der Waals surface area contributed by atoms with Crippen molar-refractivity contribution in [1.82, 2.24) is 30.3 Å². The second-order valence-corrected chi connectivity index (χ2v) is 8.27. The molecule has 0 spiro atoms. The van der Waals surface area contributed by atoms with Crippen molar-refractivity contribution < 1.29 is 4.74 Å². The van der Waals surface area contributed by atoms with E-state index in [4.69, 9.17) is 9.73 Å². The molecule has 1 aliphatic carbocycles. The van der Waals surface area contributed by atoms with E-state index < -0.39 is 0 Å². The van der Waals surface area contributed by atoms with Gasteiger partial charge >= 0.3 is 0 Å². The fraction of sp³-hybridized carbons (Fsp3) is 0.591. The van der Waals surface area contributed by atoms with Crippen molar-refractivity contribution in [3.8, 4) is 5.75 Å². The zero-order valence-electron chi connectivity index (χ0n) is 18.3. The predicted octanol–water partition coefficient (Wildman–Crippen LogP) is 1.99. The van der Waals surface area contributed by atoms with Crippen LogP contribution in [-0.2, 0) is 20.1 Å². The molecular weight excluding hydrogens is 378 g/mol. The first-order chi connectivity index (χ1) is 14.6. The zero-order chi connectivity index (χ0) is 20.9. The molecule has 4 rings (SSSR count). The van der Waals surface area contributed by atoms with E-state index >= 15 is 0 Å². The minimum atomic E-state index is 0.448. The highest BCUT2D eigenvalue weighted by molar-refractivity contribution is 5.80. The Hall–Kier alpha value is -2.61. The Balaban J connectivity index is 1.38. The summed E-state index contributed by atoms with van der Waals surface area (Å²) in [5.41, 5.74) is 1.15. The lowest BCUT2D eigenvalue weighted by Gasteiger charge is -2.33. The first kappa shape index (κ1) is 20.7. The molecule has 1 aromatic heterocycles. The highest BCUT2D eigenvalue weighted by Gasteiger charge is 2.31. The predicted molar refractivity (Wildman–Crippen MR) is 117 cm³/mol. The van der Waals surface area contributed by atoms with Crippen molar-refractivity contribution in [2.75, 3.05) is 20.2 Å². The Morgan fingerprint density at radius 2 is 1.87 bits per heavy atom. The minimum Gasteiger partial charge on any atom is -0.497 e. The maximum atomic E-state index is 5.25. The molecule has 0 atom stereocenters. The van der Waals surface area contributed by atoms with E-state index in [9.17, 15) is 0 Å². The SMILES string of the molecule is COc1ccc(CN=C(NCc2nnc(C)n2C)NC2CCN(C3CC3)CC2)cc1. The van der Waals surface area contributed by atoms with Crippen LogP contribution in [0.1, 0.15) is 42.9 Å². The third-order valence-corrected chi connectivity index (χ3v) is 6.11. The van der Waals surface area contributed by atoms with E-state index in [2.05, 4.69) is 37.9 Å². The Morgan fingerprint density at radius 3 is 2.47 bits per heavy atom. The number of guanidine groups is 1. The van der Waals surface area contributed by atoms with E-state index in [0.717, 1.165) is 47.8 Å². The van der Waals surface area contributed by atoms with E-state index in [0.29, 0.717) is 19.1 Å². The molecule has 0 radical (unpaired) electrons. The summed E-state index contributed by atoms with van der Waals surface area (Å²) in [6.07, 6.45) is 5.07. The first-order valence-electron chi connectivity index (χ1n) is 10.9.